The van der Waals surface area contributed by atoms with Crippen LogP contribution in [0.3, 0.4) is 0 Å². The van der Waals surface area contributed by atoms with E-state index in [0.29, 0.717) is 16.6 Å². The Hall–Kier alpha value is -0.730. The molecule has 92 valence electrons. The zero-order valence-electron chi connectivity index (χ0n) is 9.51. The molecule has 0 aliphatic heterocycles. The van der Waals surface area contributed by atoms with Gasteiger partial charge < -0.3 is 5.32 Å². The van der Waals surface area contributed by atoms with Gasteiger partial charge in [-0.05, 0) is 36.6 Å². The summed E-state index contributed by atoms with van der Waals surface area (Å²) in [5, 5.41) is 4.14. The first kappa shape index (κ1) is 12.7. The normalized spacial score (nSPS) is 16.1. The highest BCUT2D eigenvalue weighted by atomic mass is 35.5. The van der Waals surface area contributed by atoms with Crippen LogP contribution in [-0.2, 0) is 11.3 Å². The molecule has 0 atom stereocenters. The molecule has 1 amide bonds. The van der Waals surface area contributed by atoms with E-state index in [1.807, 2.05) is 12.1 Å². The second kappa shape index (κ2) is 5.74. The van der Waals surface area contributed by atoms with Gasteiger partial charge >= 0.3 is 0 Å². The third kappa shape index (κ3) is 3.62. The monoisotopic (exact) mass is 271 g/mol. The quantitative estimate of drug-likeness (QED) is 0.890. The Kier molecular flexibility index (Phi) is 4.30. The second-order valence-corrected chi connectivity index (χ2v) is 5.35. The lowest BCUT2D eigenvalue weighted by Crippen LogP contribution is -2.28. The van der Waals surface area contributed by atoms with Crippen molar-refractivity contribution in [3.63, 3.8) is 0 Å². The van der Waals surface area contributed by atoms with Crippen molar-refractivity contribution < 1.29 is 4.79 Å². The average molecular weight is 272 g/mol. The molecular weight excluding hydrogens is 257 g/mol. The molecule has 1 fully saturated rings. The molecule has 1 saturated carbocycles. The number of hydrogen-bond donors (Lipinski definition) is 1. The van der Waals surface area contributed by atoms with Crippen LogP contribution in [0.5, 0.6) is 0 Å². The predicted octanol–water partition coefficient (Wildman–Crippen LogP) is 3.80. The maximum absolute atomic E-state index is 11.8. The zero-order valence-corrected chi connectivity index (χ0v) is 11.0. The maximum atomic E-state index is 11.8. The first-order valence-corrected chi connectivity index (χ1v) is 6.63. The number of hydrogen-bond acceptors (Lipinski definition) is 1. The van der Waals surface area contributed by atoms with E-state index in [1.165, 1.54) is 12.8 Å². The van der Waals surface area contributed by atoms with E-state index in [2.05, 4.69) is 5.32 Å². The van der Waals surface area contributed by atoms with E-state index in [0.717, 1.165) is 18.4 Å². The van der Waals surface area contributed by atoms with Gasteiger partial charge in [-0.1, -0.05) is 36.0 Å². The Morgan fingerprint density at radius 1 is 1.18 bits per heavy atom. The summed E-state index contributed by atoms with van der Waals surface area (Å²) in [5.41, 5.74) is 0.939. The van der Waals surface area contributed by atoms with E-state index < -0.39 is 0 Å². The first-order valence-electron chi connectivity index (χ1n) is 5.88. The molecule has 17 heavy (non-hydrogen) atoms. The van der Waals surface area contributed by atoms with Crippen LogP contribution in [0, 0.1) is 5.92 Å². The highest BCUT2D eigenvalue weighted by molar-refractivity contribution is 6.34. The fraction of sp³-hybridized carbons (Fsp3) is 0.462. The molecule has 2 nitrogen and oxygen atoms in total. The van der Waals surface area contributed by atoms with Crippen LogP contribution in [-0.4, -0.2) is 5.91 Å². The molecule has 1 aliphatic rings. The maximum Gasteiger partial charge on any atom is 0.223 e. The highest BCUT2D eigenvalue weighted by Crippen LogP contribution is 2.25. The molecular formula is C13H15Cl2NO. The van der Waals surface area contributed by atoms with E-state index in [1.54, 1.807) is 6.07 Å². The van der Waals surface area contributed by atoms with Crippen molar-refractivity contribution in [1.29, 1.82) is 0 Å². The molecule has 0 heterocycles. The fourth-order valence-electron chi connectivity index (χ4n) is 2.23. The number of carbonyl (C=O) groups excluding carboxylic acids is 1. The molecule has 0 spiro atoms. The van der Waals surface area contributed by atoms with E-state index in [4.69, 9.17) is 23.2 Å². The molecule has 0 saturated heterocycles. The average Bonchev–Trinajstić information content (AvgIpc) is 2.78. The van der Waals surface area contributed by atoms with Gasteiger partial charge in [-0.3, -0.25) is 4.79 Å². The number of nitrogens with one attached hydrogen (secondary N) is 1. The topological polar surface area (TPSA) is 29.1 Å². The molecule has 1 aliphatic carbocycles. The van der Waals surface area contributed by atoms with Crippen molar-refractivity contribution in [2.24, 2.45) is 5.92 Å². The SMILES string of the molecule is O=C(NCc1cc(Cl)cc(Cl)c1)C1CCCC1. The summed E-state index contributed by atoms with van der Waals surface area (Å²) in [6, 6.07) is 5.33. The Morgan fingerprint density at radius 3 is 2.35 bits per heavy atom. The van der Waals surface area contributed by atoms with E-state index in [-0.39, 0.29) is 11.8 Å². The van der Waals surface area contributed by atoms with E-state index >= 15 is 0 Å². The van der Waals surface area contributed by atoms with Crippen molar-refractivity contribution in [1.82, 2.24) is 5.32 Å². The van der Waals surface area contributed by atoms with Gasteiger partial charge in [0.15, 0.2) is 0 Å². The molecule has 0 unspecified atom stereocenters. The minimum atomic E-state index is 0.151. The Morgan fingerprint density at radius 2 is 1.76 bits per heavy atom. The minimum absolute atomic E-state index is 0.151. The third-order valence-corrected chi connectivity index (χ3v) is 3.55. The van der Waals surface area contributed by atoms with Gasteiger partial charge in [-0.25, -0.2) is 0 Å². The molecule has 2 rings (SSSR count). The fourth-order valence-corrected chi connectivity index (χ4v) is 2.81. The lowest BCUT2D eigenvalue weighted by Gasteiger charge is -2.10. The lowest BCUT2D eigenvalue weighted by molar-refractivity contribution is -0.124. The molecule has 0 aromatic heterocycles. The van der Waals surface area contributed by atoms with Crippen LogP contribution < -0.4 is 5.32 Å². The second-order valence-electron chi connectivity index (χ2n) is 4.48. The van der Waals surface area contributed by atoms with Crippen LogP contribution in [0.1, 0.15) is 31.2 Å². The van der Waals surface area contributed by atoms with Crippen LogP contribution in [0.4, 0.5) is 0 Å². The number of benzene rings is 1. The Labute approximate surface area is 111 Å². The van der Waals surface area contributed by atoms with Crippen molar-refractivity contribution in [2.75, 3.05) is 0 Å². The summed E-state index contributed by atoms with van der Waals surface area (Å²) < 4.78 is 0. The van der Waals surface area contributed by atoms with Gasteiger partial charge in [-0.15, -0.1) is 0 Å². The van der Waals surface area contributed by atoms with Crippen molar-refractivity contribution in [2.45, 2.75) is 32.2 Å². The van der Waals surface area contributed by atoms with Crippen LogP contribution in [0.25, 0.3) is 0 Å². The summed E-state index contributed by atoms with van der Waals surface area (Å²) in [7, 11) is 0. The lowest BCUT2D eigenvalue weighted by atomic mass is 10.1. The third-order valence-electron chi connectivity index (χ3n) is 3.12. The van der Waals surface area contributed by atoms with Crippen LogP contribution >= 0.6 is 23.2 Å². The molecule has 1 aromatic carbocycles. The predicted molar refractivity (Wildman–Crippen MR) is 70.3 cm³/mol. The highest BCUT2D eigenvalue weighted by Gasteiger charge is 2.22. The first-order chi connectivity index (χ1) is 8.15. The van der Waals surface area contributed by atoms with Crippen LogP contribution in [0.2, 0.25) is 10.0 Å². The molecule has 0 radical (unpaired) electrons. The van der Waals surface area contributed by atoms with Gasteiger partial charge in [0.05, 0.1) is 0 Å². The van der Waals surface area contributed by atoms with Crippen molar-refractivity contribution in [3.05, 3.63) is 33.8 Å². The number of carbonyl (C=O) groups is 1. The smallest absolute Gasteiger partial charge is 0.223 e. The van der Waals surface area contributed by atoms with Crippen molar-refractivity contribution >= 4 is 29.1 Å². The Balaban J connectivity index is 1.90. The van der Waals surface area contributed by atoms with Gasteiger partial charge in [0, 0.05) is 22.5 Å². The summed E-state index contributed by atoms with van der Waals surface area (Å²) in [4.78, 5) is 11.8. The Bertz CT molecular complexity index is 394. The van der Waals surface area contributed by atoms with Crippen LogP contribution in [0.15, 0.2) is 18.2 Å². The molecule has 0 bridgehead atoms. The largest absolute Gasteiger partial charge is 0.352 e. The standard InChI is InChI=1S/C13H15Cl2NO/c14-11-5-9(6-12(15)7-11)8-16-13(17)10-3-1-2-4-10/h5-7,10H,1-4,8H2,(H,16,17). The van der Waals surface area contributed by atoms with E-state index in [9.17, 15) is 4.79 Å². The summed E-state index contributed by atoms with van der Waals surface area (Å²) in [6.45, 7) is 0.496. The molecule has 4 heteroatoms. The summed E-state index contributed by atoms with van der Waals surface area (Å²) in [5.74, 6) is 0.350. The molecule has 1 aromatic rings. The van der Waals surface area contributed by atoms with Gasteiger partial charge in [0.25, 0.3) is 0 Å². The van der Waals surface area contributed by atoms with Gasteiger partial charge in [0.2, 0.25) is 5.91 Å². The zero-order chi connectivity index (χ0) is 12.3. The number of amides is 1. The summed E-state index contributed by atoms with van der Waals surface area (Å²) in [6.07, 6.45) is 4.37. The van der Waals surface area contributed by atoms with Gasteiger partial charge in [-0.2, -0.15) is 0 Å². The number of halogens is 2. The summed E-state index contributed by atoms with van der Waals surface area (Å²) >= 11 is 11.8. The van der Waals surface area contributed by atoms with Crippen molar-refractivity contribution in [3.8, 4) is 0 Å². The van der Waals surface area contributed by atoms with Gasteiger partial charge in [0.1, 0.15) is 0 Å². The minimum Gasteiger partial charge on any atom is -0.352 e. The molecule has 1 N–H and O–H groups in total. The number of rotatable bonds is 3.